The number of halogens is 2. The molecular formula is C15H8Cl2N2OS. The number of benzene rings is 2. The molecule has 6 heteroatoms. The maximum atomic E-state index is 12.5. The van der Waals surface area contributed by atoms with Crippen molar-refractivity contribution in [3.05, 3.63) is 69.8 Å². The van der Waals surface area contributed by atoms with Gasteiger partial charge >= 0.3 is 0 Å². The molecule has 0 spiro atoms. The van der Waals surface area contributed by atoms with E-state index in [9.17, 15) is 4.79 Å². The van der Waals surface area contributed by atoms with Crippen LogP contribution in [0.2, 0.25) is 10.0 Å². The number of carbonyl (C=O) groups is 1. The average molecular weight is 335 g/mol. The second-order valence-corrected chi connectivity index (χ2v) is 5.71. The molecule has 0 bridgehead atoms. The Hall–Kier alpha value is -1.75. The molecule has 3 nitrogen and oxygen atoms in total. The van der Waals surface area contributed by atoms with Crippen molar-refractivity contribution in [1.82, 2.24) is 8.75 Å². The number of rotatable bonds is 3. The lowest BCUT2D eigenvalue weighted by molar-refractivity contribution is 0.103. The zero-order chi connectivity index (χ0) is 14.8. The average Bonchev–Trinajstić information content (AvgIpc) is 2.97. The third-order valence-electron chi connectivity index (χ3n) is 2.93. The highest BCUT2D eigenvalue weighted by atomic mass is 35.5. The fourth-order valence-electron chi connectivity index (χ4n) is 1.87. The molecule has 3 rings (SSSR count). The molecule has 0 aliphatic rings. The molecule has 0 saturated carbocycles. The van der Waals surface area contributed by atoms with E-state index in [-0.39, 0.29) is 5.78 Å². The van der Waals surface area contributed by atoms with Crippen LogP contribution in [0.1, 0.15) is 16.1 Å². The maximum absolute atomic E-state index is 12.5. The minimum atomic E-state index is -0.176. The summed E-state index contributed by atoms with van der Waals surface area (Å²) in [5.74, 6) is -0.176. The van der Waals surface area contributed by atoms with Gasteiger partial charge in [0.1, 0.15) is 5.69 Å². The van der Waals surface area contributed by atoms with Gasteiger partial charge in [-0.3, -0.25) is 4.79 Å². The number of carbonyl (C=O) groups excluding carboxylic acids is 1. The molecule has 0 aliphatic heterocycles. The molecular weight excluding hydrogens is 327 g/mol. The second-order valence-electron chi connectivity index (χ2n) is 4.30. The molecule has 3 aromatic rings. The van der Waals surface area contributed by atoms with Gasteiger partial charge in [-0.25, -0.2) is 0 Å². The van der Waals surface area contributed by atoms with Crippen LogP contribution < -0.4 is 0 Å². The number of aromatic nitrogens is 2. The first-order chi connectivity index (χ1) is 10.1. The van der Waals surface area contributed by atoms with Crippen LogP contribution in [0.25, 0.3) is 11.3 Å². The Labute approximate surface area is 135 Å². The van der Waals surface area contributed by atoms with E-state index >= 15 is 0 Å². The van der Waals surface area contributed by atoms with Crippen molar-refractivity contribution in [2.45, 2.75) is 0 Å². The van der Waals surface area contributed by atoms with Crippen LogP contribution in [0.5, 0.6) is 0 Å². The molecule has 0 unspecified atom stereocenters. The quantitative estimate of drug-likeness (QED) is 0.649. The predicted molar refractivity (Wildman–Crippen MR) is 85.2 cm³/mol. The Morgan fingerprint density at radius 2 is 1.43 bits per heavy atom. The Morgan fingerprint density at radius 3 is 2.05 bits per heavy atom. The van der Waals surface area contributed by atoms with Gasteiger partial charge in [0.2, 0.25) is 5.78 Å². The first kappa shape index (κ1) is 14.2. The van der Waals surface area contributed by atoms with Gasteiger partial charge in [0.05, 0.1) is 11.7 Å². The van der Waals surface area contributed by atoms with Gasteiger partial charge in [-0.2, -0.15) is 8.75 Å². The largest absolute Gasteiger partial charge is 0.287 e. The molecule has 0 N–H and O–H groups in total. The molecule has 0 amide bonds. The summed E-state index contributed by atoms with van der Waals surface area (Å²) in [5.41, 5.74) is 2.24. The zero-order valence-electron chi connectivity index (χ0n) is 10.6. The minimum absolute atomic E-state index is 0.176. The van der Waals surface area contributed by atoms with Crippen LogP contribution in [-0.2, 0) is 0 Å². The van der Waals surface area contributed by atoms with Crippen LogP contribution >= 0.6 is 34.9 Å². The molecule has 1 heterocycles. The first-order valence-corrected chi connectivity index (χ1v) is 7.52. The SMILES string of the molecule is O=C(c1ccc(Cl)cc1)c1nsnc1-c1ccc(Cl)cc1. The number of nitrogens with zero attached hydrogens (tertiary/aromatic N) is 2. The summed E-state index contributed by atoms with van der Waals surface area (Å²) in [6.45, 7) is 0. The van der Waals surface area contributed by atoms with Crippen LogP contribution in [0.15, 0.2) is 48.5 Å². The van der Waals surface area contributed by atoms with Crippen molar-refractivity contribution >= 4 is 40.7 Å². The fraction of sp³-hybridized carbons (Fsp3) is 0. The molecule has 0 fully saturated rings. The van der Waals surface area contributed by atoms with Crippen molar-refractivity contribution < 1.29 is 4.79 Å². The third-order valence-corrected chi connectivity index (χ3v) is 3.96. The Kier molecular flexibility index (Phi) is 4.01. The van der Waals surface area contributed by atoms with E-state index in [0.717, 1.165) is 17.3 Å². The van der Waals surface area contributed by atoms with Crippen molar-refractivity contribution in [2.24, 2.45) is 0 Å². The van der Waals surface area contributed by atoms with Gasteiger partial charge in [0.15, 0.2) is 5.69 Å². The fourth-order valence-corrected chi connectivity index (χ4v) is 2.69. The normalized spacial score (nSPS) is 10.6. The van der Waals surface area contributed by atoms with Crippen molar-refractivity contribution in [3.63, 3.8) is 0 Å². The topological polar surface area (TPSA) is 42.9 Å². The minimum Gasteiger partial charge on any atom is -0.287 e. The van der Waals surface area contributed by atoms with Gasteiger partial charge in [0, 0.05) is 21.2 Å². The lowest BCUT2D eigenvalue weighted by Crippen LogP contribution is -2.03. The molecule has 0 radical (unpaired) electrons. The summed E-state index contributed by atoms with van der Waals surface area (Å²) in [6.07, 6.45) is 0. The lowest BCUT2D eigenvalue weighted by Gasteiger charge is -2.02. The van der Waals surface area contributed by atoms with Gasteiger partial charge in [-0.1, -0.05) is 35.3 Å². The van der Waals surface area contributed by atoms with Crippen LogP contribution in [-0.4, -0.2) is 14.5 Å². The predicted octanol–water partition coefficient (Wildman–Crippen LogP) is 4.74. The third kappa shape index (κ3) is 2.97. The smallest absolute Gasteiger partial charge is 0.214 e. The summed E-state index contributed by atoms with van der Waals surface area (Å²) in [6, 6.07) is 13.9. The number of hydrogen-bond acceptors (Lipinski definition) is 4. The van der Waals surface area contributed by atoms with E-state index in [2.05, 4.69) is 8.75 Å². The number of hydrogen-bond donors (Lipinski definition) is 0. The van der Waals surface area contributed by atoms with Crippen LogP contribution in [0.3, 0.4) is 0 Å². The Balaban J connectivity index is 2.00. The summed E-state index contributed by atoms with van der Waals surface area (Å²) in [7, 11) is 0. The zero-order valence-corrected chi connectivity index (χ0v) is 12.9. The van der Waals surface area contributed by atoms with Gasteiger partial charge in [-0.05, 0) is 36.4 Å². The highest BCUT2D eigenvalue weighted by Crippen LogP contribution is 2.25. The summed E-state index contributed by atoms with van der Waals surface area (Å²) in [5, 5.41) is 1.22. The summed E-state index contributed by atoms with van der Waals surface area (Å²) in [4.78, 5) is 12.5. The lowest BCUT2D eigenvalue weighted by atomic mass is 10.0. The highest BCUT2D eigenvalue weighted by Gasteiger charge is 2.19. The molecule has 1 aromatic heterocycles. The monoisotopic (exact) mass is 334 g/mol. The highest BCUT2D eigenvalue weighted by molar-refractivity contribution is 6.99. The van der Waals surface area contributed by atoms with Crippen molar-refractivity contribution in [3.8, 4) is 11.3 Å². The standard InChI is InChI=1S/C15H8Cl2N2OS/c16-11-5-1-9(2-6-11)13-14(19-21-18-13)15(20)10-3-7-12(17)8-4-10/h1-8H. The van der Waals surface area contributed by atoms with Crippen molar-refractivity contribution in [2.75, 3.05) is 0 Å². The Bertz CT molecular complexity index is 782. The second kappa shape index (κ2) is 5.93. The van der Waals surface area contributed by atoms with Crippen molar-refractivity contribution in [1.29, 1.82) is 0 Å². The van der Waals surface area contributed by atoms with E-state index in [1.165, 1.54) is 0 Å². The van der Waals surface area contributed by atoms with Gasteiger partial charge in [0.25, 0.3) is 0 Å². The maximum Gasteiger partial charge on any atom is 0.214 e. The van der Waals surface area contributed by atoms with E-state index in [1.54, 1.807) is 36.4 Å². The van der Waals surface area contributed by atoms with Crippen LogP contribution in [0.4, 0.5) is 0 Å². The van der Waals surface area contributed by atoms with Gasteiger partial charge < -0.3 is 0 Å². The van der Waals surface area contributed by atoms with E-state index in [0.29, 0.717) is 27.0 Å². The van der Waals surface area contributed by atoms with E-state index in [4.69, 9.17) is 23.2 Å². The molecule has 0 aliphatic carbocycles. The summed E-state index contributed by atoms with van der Waals surface area (Å²) >= 11 is 12.7. The van der Waals surface area contributed by atoms with Crippen LogP contribution in [0, 0.1) is 0 Å². The molecule has 0 atom stereocenters. The molecule has 0 saturated heterocycles. The molecule has 104 valence electrons. The Morgan fingerprint density at radius 1 is 0.857 bits per heavy atom. The summed E-state index contributed by atoms with van der Waals surface area (Å²) < 4.78 is 8.35. The first-order valence-electron chi connectivity index (χ1n) is 6.04. The van der Waals surface area contributed by atoms with Gasteiger partial charge in [-0.15, -0.1) is 0 Å². The molecule has 21 heavy (non-hydrogen) atoms. The number of ketones is 1. The molecule has 2 aromatic carbocycles. The van der Waals surface area contributed by atoms with E-state index < -0.39 is 0 Å². The van der Waals surface area contributed by atoms with E-state index in [1.807, 2.05) is 12.1 Å².